The first-order chi connectivity index (χ1) is 13.4. The molecule has 3 rings (SSSR count). The Morgan fingerprint density at radius 2 is 2.07 bits per heavy atom. The summed E-state index contributed by atoms with van der Waals surface area (Å²) in [6, 6.07) is 0.0589. The molecule has 0 saturated carbocycles. The number of fused-ring (bicyclic) bond motifs is 1. The lowest BCUT2D eigenvalue weighted by Gasteiger charge is -2.29. The Labute approximate surface area is 173 Å². The van der Waals surface area contributed by atoms with Gasteiger partial charge in [-0.2, -0.15) is 0 Å². The highest BCUT2D eigenvalue weighted by Gasteiger charge is 2.44. The summed E-state index contributed by atoms with van der Waals surface area (Å²) in [5.74, 6) is 0.731. The van der Waals surface area contributed by atoms with E-state index in [4.69, 9.17) is 4.74 Å². The molecule has 0 spiro atoms. The van der Waals surface area contributed by atoms with Gasteiger partial charge in [0, 0.05) is 25.9 Å². The number of imide groups is 1. The number of ether oxygens (including phenoxy) is 1. The van der Waals surface area contributed by atoms with Gasteiger partial charge in [0.1, 0.15) is 11.2 Å². The van der Waals surface area contributed by atoms with Gasteiger partial charge in [-0.1, -0.05) is 0 Å². The number of amidine groups is 1. The molecule has 5 atom stereocenters. The van der Waals surface area contributed by atoms with E-state index in [1.807, 2.05) is 19.0 Å². The number of nitrogens with one attached hydrogen (secondary N) is 3. The highest BCUT2D eigenvalue weighted by Crippen LogP contribution is 2.35. The molecule has 156 valence electrons. The van der Waals surface area contributed by atoms with Crippen LogP contribution in [-0.2, 0) is 14.3 Å². The van der Waals surface area contributed by atoms with E-state index in [1.54, 1.807) is 18.7 Å². The van der Waals surface area contributed by atoms with E-state index in [-0.39, 0.29) is 29.3 Å². The number of carbonyl (C=O) groups is 3. The fourth-order valence-electron chi connectivity index (χ4n) is 3.58. The van der Waals surface area contributed by atoms with Crippen molar-refractivity contribution in [3.8, 4) is 0 Å². The fourth-order valence-corrected chi connectivity index (χ4v) is 6.28. The molecule has 2 fully saturated rings. The van der Waals surface area contributed by atoms with Crippen molar-refractivity contribution in [2.45, 2.75) is 41.8 Å². The van der Waals surface area contributed by atoms with Crippen LogP contribution in [0.4, 0.5) is 4.79 Å². The Morgan fingerprint density at radius 1 is 1.29 bits per heavy atom. The first kappa shape index (κ1) is 21.3. The van der Waals surface area contributed by atoms with Crippen LogP contribution in [0.2, 0.25) is 0 Å². The summed E-state index contributed by atoms with van der Waals surface area (Å²) in [6.45, 7) is 2.64. The summed E-state index contributed by atoms with van der Waals surface area (Å²) in [5, 5.41) is 8.19. The third kappa shape index (κ3) is 4.74. The Balaban J connectivity index is 1.56. The summed E-state index contributed by atoms with van der Waals surface area (Å²) in [5.41, 5.74) is 0. The van der Waals surface area contributed by atoms with Crippen LogP contribution in [0.15, 0.2) is 4.99 Å². The molecule has 0 aromatic carbocycles. The second kappa shape index (κ2) is 9.36. The number of carbonyl (C=O) groups excluding carboxylic acids is 3. The van der Waals surface area contributed by atoms with Crippen molar-refractivity contribution in [2.75, 3.05) is 33.0 Å². The lowest BCUT2D eigenvalue weighted by molar-refractivity contribution is -0.125. The van der Waals surface area contributed by atoms with Crippen molar-refractivity contribution in [3.63, 3.8) is 0 Å². The van der Waals surface area contributed by atoms with Gasteiger partial charge >= 0.3 is 6.09 Å². The average molecular weight is 430 g/mol. The van der Waals surface area contributed by atoms with E-state index in [0.717, 1.165) is 24.6 Å². The van der Waals surface area contributed by atoms with Crippen molar-refractivity contribution in [3.05, 3.63) is 0 Å². The number of likely N-dealkylation sites (N-methyl/N-ethyl adjacent to an activating group) is 1. The van der Waals surface area contributed by atoms with Gasteiger partial charge < -0.3 is 15.0 Å². The van der Waals surface area contributed by atoms with Crippen LogP contribution in [-0.4, -0.2) is 83.7 Å². The molecule has 9 nitrogen and oxygen atoms in total. The highest BCUT2D eigenvalue weighted by atomic mass is 32.2. The van der Waals surface area contributed by atoms with Crippen molar-refractivity contribution < 1.29 is 19.1 Å². The van der Waals surface area contributed by atoms with E-state index in [2.05, 4.69) is 20.9 Å². The maximum absolute atomic E-state index is 12.8. The van der Waals surface area contributed by atoms with Crippen molar-refractivity contribution in [1.82, 2.24) is 20.9 Å². The largest absolute Gasteiger partial charge is 0.450 e. The molecular weight excluding hydrogens is 402 g/mol. The maximum Gasteiger partial charge on any atom is 0.413 e. The molecule has 0 aromatic rings. The number of rotatable bonds is 4. The first-order valence-corrected chi connectivity index (χ1v) is 11.4. The quantitative estimate of drug-likeness (QED) is 0.582. The number of thioether (sulfide) groups is 2. The van der Waals surface area contributed by atoms with Gasteiger partial charge in [0.2, 0.25) is 11.8 Å². The third-order valence-corrected chi connectivity index (χ3v) is 7.65. The molecule has 3 aliphatic heterocycles. The summed E-state index contributed by atoms with van der Waals surface area (Å²) in [7, 11) is 3.92. The molecule has 0 bridgehead atoms. The smallest absolute Gasteiger partial charge is 0.413 e. The van der Waals surface area contributed by atoms with Crippen molar-refractivity contribution in [1.29, 1.82) is 0 Å². The van der Waals surface area contributed by atoms with Gasteiger partial charge in [-0.05, 0) is 25.5 Å². The second-order valence-corrected chi connectivity index (χ2v) is 9.63. The van der Waals surface area contributed by atoms with Crippen LogP contribution < -0.4 is 16.0 Å². The lowest BCUT2D eigenvalue weighted by atomic mass is 10.1. The van der Waals surface area contributed by atoms with Crippen LogP contribution in [0.3, 0.4) is 0 Å². The summed E-state index contributed by atoms with van der Waals surface area (Å²) < 4.78 is 4.76. The average Bonchev–Trinajstić information content (AvgIpc) is 3.27. The summed E-state index contributed by atoms with van der Waals surface area (Å²) >= 11 is 3.14. The van der Waals surface area contributed by atoms with Crippen LogP contribution >= 0.6 is 23.5 Å². The molecule has 28 heavy (non-hydrogen) atoms. The van der Waals surface area contributed by atoms with Crippen LogP contribution in [0, 0.1) is 5.92 Å². The van der Waals surface area contributed by atoms with Gasteiger partial charge in [-0.15, -0.1) is 23.5 Å². The normalized spacial score (nSPS) is 31.5. The van der Waals surface area contributed by atoms with E-state index in [9.17, 15) is 14.4 Å². The molecule has 0 aliphatic carbocycles. The molecule has 0 radical (unpaired) electrons. The van der Waals surface area contributed by atoms with Crippen molar-refractivity contribution in [2.24, 2.45) is 10.9 Å². The number of aliphatic imine (C=N–C) groups is 1. The fraction of sp³-hybridized carbons (Fsp3) is 0.765. The monoisotopic (exact) mass is 429 g/mol. The first-order valence-electron chi connectivity index (χ1n) is 9.43. The molecule has 3 aliphatic rings. The van der Waals surface area contributed by atoms with E-state index in [0.29, 0.717) is 11.7 Å². The van der Waals surface area contributed by atoms with Gasteiger partial charge in [0.05, 0.1) is 23.9 Å². The number of nitrogens with zero attached hydrogens (tertiary/aromatic N) is 2. The molecule has 0 aromatic heterocycles. The van der Waals surface area contributed by atoms with Crippen LogP contribution in [0.25, 0.3) is 0 Å². The Hall–Kier alpha value is -1.46. The van der Waals surface area contributed by atoms with Gasteiger partial charge in [0.15, 0.2) is 0 Å². The van der Waals surface area contributed by atoms with Crippen molar-refractivity contribution >= 4 is 47.3 Å². The Morgan fingerprint density at radius 3 is 2.79 bits per heavy atom. The number of hydrogen-bond acceptors (Lipinski definition) is 9. The van der Waals surface area contributed by atoms with Crippen LogP contribution in [0.5, 0.6) is 0 Å². The maximum atomic E-state index is 12.8. The zero-order chi connectivity index (χ0) is 20.3. The topological polar surface area (TPSA) is 112 Å². The van der Waals surface area contributed by atoms with Gasteiger partial charge in [-0.3, -0.25) is 25.2 Å². The van der Waals surface area contributed by atoms with Crippen LogP contribution in [0.1, 0.15) is 19.8 Å². The molecule has 11 heteroatoms. The van der Waals surface area contributed by atoms with E-state index < -0.39 is 17.9 Å². The predicted molar refractivity (Wildman–Crippen MR) is 110 cm³/mol. The number of alkyl carbamates (subject to hydrolysis) is 1. The van der Waals surface area contributed by atoms with Gasteiger partial charge in [-0.25, -0.2) is 4.79 Å². The molecule has 5 unspecified atom stereocenters. The zero-order valence-electron chi connectivity index (χ0n) is 16.3. The van der Waals surface area contributed by atoms with E-state index in [1.165, 1.54) is 11.8 Å². The molecular formula is C17H27N5O4S2. The molecule has 3 heterocycles. The summed E-state index contributed by atoms with van der Waals surface area (Å²) in [6.07, 6.45) is 0.795. The minimum absolute atomic E-state index is 0.0589. The summed E-state index contributed by atoms with van der Waals surface area (Å²) in [4.78, 5) is 43.3. The lowest BCUT2D eigenvalue weighted by Crippen LogP contribution is -2.52. The third-order valence-electron chi connectivity index (χ3n) is 4.89. The molecule has 3 N–H and O–H groups in total. The Bertz CT molecular complexity index is 659. The molecule has 3 amide bonds. The minimum atomic E-state index is -0.748. The predicted octanol–water partition coefficient (Wildman–Crippen LogP) is 0.218. The zero-order valence-corrected chi connectivity index (χ0v) is 17.9. The molecule has 2 saturated heterocycles. The SMILES string of the molecule is CCOC(=O)NC(=O)C1CCSC1NC(=O)C1NC2C(N(C)C)=NCCC2S1. The van der Waals surface area contributed by atoms with E-state index >= 15 is 0 Å². The second-order valence-electron chi connectivity index (χ2n) is 7.03. The Kier molecular flexibility index (Phi) is 7.10. The number of hydrogen-bond donors (Lipinski definition) is 3. The standard InChI is InChI=1S/C17H27N5O4S2/c1-4-26-17(25)21-13(23)9-6-8-27-15(9)20-14(24)16-19-11-10(28-16)5-7-18-12(11)22(2)3/h9-11,15-16,19H,4-8H2,1-3H3,(H,20,24)(H,21,23,25). The minimum Gasteiger partial charge on any atom is -0.450 e. The highest BCUT2D eigenvalue weighted by molar-refractivity contribution is 8.01. The number of amides is 3. The van der Waals surface area contributed by atoms with Gasteiger partial charge in [0.25, 0.3) is 0 Å².